The molecule has 0 unspecified atom stereocenters. The Bertz CT molecular complexity index is 206. The quantitative estimate of drug-likeness (QED) is 0.582. The van der Waals surface area contributed by atoms with Crippen molar-refractivity contribution in [3.05, 3.63) is 23.9 Å². The first-order chi connectivity index (χ1) is 4.70. The number of carbonyl (C=O) groups excluding carboxylic acids is 1. The number of carbonyl (C=O) groups is 1. The van der Waals surface area contributed by atoms with Crippen molar-refractivity contribution in [2.75, 3.05) is 6.54 Å². The van der Waals surface area contributed by atoms with Crippen LogP contribution < -0.4 is 0 Å². The molecule has 1 aliphatic heterocycles. The molecule has 3 heteroatoms. The summed E-state index contributed by atoms with van der Waals surface area (Å²) in [5, 5.41) is 9.86. The molecule has 0 bridgehead atoms. The summed E-state index contributed by atoms with van der Waals surface area (Å²) in [7, 11) is 0. The minimum atomic E-state index is -0.0324. The summed E-state index contributed by atoms with van der Waals surface area (Å²) >= 11 is 0. The van der Waals surface area contributed by atoms with Gasteiger partial charge in [-0.25, -0.2) is 0 Å². The molecule has 0 saturated carbocycles. The van der Waals surface area contributed by atoms with Gasteiger partial charge in [-0.15, -0.1) is 0 Å². The number of ketones is 1. The second kappa shape index (κ2) is 2.66. The van der Waals surface area contributed by atoms with Gasteiger partial charge >= 0.3 is 0 Å². The van der Waals surface area contributed by atoms with Gasteiger partial charge in [0, 0.05) is 11.8 Å². The summed E-state index contributed by atoms with van der Waals surface area (Å²) in [6.45, 7) is 1.92. The van der Waals surface area contributed by atoms with Crippen molar-refractivity contribution in [1.29, 1.82) is 0 Å². The van der Waals surface area contributed by atoms with E-state index < -0.39 is 0 Å². The van der Waals surface area contributed by atoms with Gasteiger partial charge in [-0.2, -0.15) is 0 Å². The molecular weight excluding hydrogens is 130 g/mol. The summed E-state index contributed by atoms with van der Waals surface area (Å²) in [6, 6.07) is 0. The van der Waals surface area contributed by atoms with Crippen molar-refractivity contribution >= 4 is 5.78 Å². The SMILES string of the molecule is CC(=O)C1=CN(O)CC=C1. The molecule has 1 rings (SSSR count). The van der Waals surface area contributed by atoms with Gasteiger partial charge in [-0.3, -0.25) is 15.1 Å². The summed E-state index contributed by atoms with van der Waals surface area (Å²) < 4.78 is 0. The smallest absolute Gasteiger partial charge is 0.161 e. The van der Waals surface area contributed by atoms with Crippen LogP contribution in [0.5, 0.6) is 0 Å². The second-order valence-corrected chi connectivity index (χ2v) is 2.17. The number of hydroxylamine groups is 2. The molecule has 0 aromatic heterocycles. The van der Waals surface area contributed by atoms with E-state index in [1.165, 1.54) is 13.1 Å². The maximum atomic E-state index is 10.7. The van der Waals surface area contributed by atoms with Crippen LogP contribution >= 0.6 is 0 Å². The molecule has 0 amide bonds. The highest BCUT2D eigenvalue weighted by Gasteiger charge is 2.05. The van der Waals surface area contributed by atoms with Crippen LogP contribution in [0.3, 0.4) is 0 Å². The van der Waals surface area contributed by atoms with Gasteiger partial charge in [-0.05, 0) is 6.92 Å². The zero-order valence-electron chi connectivity index (χ0n) is 5.74. The van der Waals surface area contributed by atoms with E-state index >= 15 is 0 Å². The van der Waals surface area contributed by atoms with Gasteiger partial charge in [0.15, 0.2) is 5.78 Å². The lowest BCUT2D eigenvalue weighted by molar-refractivity contribution is -0.113. The van der Waals surface area contributed by atoms with E-state index in [-0.39, 0.29) is 5.78 Å². The Balaban J connectivity index is 2.76. The zero-order valence-corrected chi connectivity index (χ0v) is 5.74. The standard InChI is InChI=1S/C7H9NO2/c1-6(9)7-3-2-4-8(10)5-7/h2-3,5,10H,4H2,1H3. The van der Waals surface area contributed by atoms with Crippen molar-refractivity contribution in [1.82, 2.24) is 5.06 Å². The van der Waals surface area contributed by atoms with E-state index in [4.69, 9.17) is 5.21 Å². The number of rotatable bonds is 1. The molecule has 0 aromatic carbocycles. The van der Waals surface area contributed by atoms with Gasteiger partial charge in [0.2, 0.25) is 0 Å². The van der Waals surface area contributed by atoms with Crippen molar-refractivity contribution in [3.63, 3.8) is 0 Å². The summed E-state index contributed by atoms with van der Waals surface area (Å²) in [5.74, 6) is -0.0324. The van der Waals surface area contributed by atoms with Gasteiger partial charge in [0.25, 0.3) is 0 Å². The highest BCUT2D eigenvalue weighted by molar-refractivity contribution is 5.96. The Morgan fingerprint density at radius 3 is 2.90 bits per heavy atom. The van der Waals surface area contributed by atoms with Crippen molar-refractivity contribution < 1.29 is 10.0 Å². The monoisotopic (exact) mass is 139 g/mol. The molecule has 0 aliphatic carbocycles. The predicted octanol–water partition coefficient (Wildman–Crippen LogP) is 0.720. The molecule has 0 fully saturated rings. The topological polar surface area (TPSA) is 40.5 Å². The molecule has 10 heavy (non-hydrogen) atoms. The highest BCUT2D eigenvalue weighted by Crippen LogP contribution is 2.05. The molecule has 0 saturated heterocycles. The number of allylic oxidation sites excluding steroid dienone is 2. The molecule has 1 aliphatic rings. The first-order valence-corrected chi connectivity index (χ1v) is 3.05. The first-order valence-electron chi connectivity index (χ1n) is 3.05. The molecule has 0 radical (unpaired) electrons. The van der Waals surface area contributed by atoms with Crippen LogP contribution in [-0.4, -0.2) is 22.6 Å². The molecule has 54 valence electrons. The molecule has 3 nitrogen and oxygen atoms in total. The Morgan fingerprint density at radius 2 is 2.50 bits per heavy atom. The Kier molecular flexibility index (Phi) is 1.87. The average Bonchev–Trinajstić information content (AvgIpc) is 1.88. The van der Waals surface area contributed by atoms with Crippen LogP contribution in [-0.2, 0) is 4.79 Å². The number of hydrogen-bond donors (Lipinski definition) is 1. The fourth-order valence-corrected chi connectivity index (χ4v) is 0.752. The lowest BCUT2D eigenvalue weighted by Gasteiger charge is -2.13. The molecule has 1 heterocycles. The van der Waals surface area contributed by atoms with Crippen LogP contribution in [0.25, 0.3) is 0 Å². The Morgan fingerprint density at radius 1 is 1.80 bits per heavy atom. The van der Waals surface area contributed by atoms with Gasteiger partial charge in [0.1, 0.15) is 0 Å². The average molecular weight is 139 g/mol. The third-order valence-corrected chi connectivity index (χ3v) is 1.28. The predicted molar refractivity (Wildman–Crippen MR) is 36.4 cm³/mol. The fourth-order valence-electron chi connectivity index (χ4n) is 0.752. The fraction of sp³-hybridized carbons (Fsp3) is 0.286. The third kappa shape index (κ3) is 1.45. The molecule has 1 N–H and O–H groups in total. The summed E-state index contributed by atoms with van der Waals surface area (Å²) in [4.78, 5) is 10.7. The molecule has 0 aromatic rings. The van der Waals surface area contributed by atoms with E-state index in [1.807, 2.05) is 0 Å². The molecular formula is C7H9NO2. The number of hydrogen-bond acceptors (Lipinski definition) is 3. The van der Waals surface area contributed by atoms with Crippen LogP contribution in [0, 0.1) is 0 Å². The Labute approximate surface area is 59.2 Å². The van der Waals surface area contributed by atoms with Gasteiger partial charge in [0.05, 0.1) is 6.54 Å². The Hall–Kier alpha value is -1.09. The van der Waals surface area contributed by atoms with Gasteiger partial charge in [-0.1, -0.05) is 12.2 Å². The second-order valence-electron chi connectivity index (χ2n) is 2.17. The largest absolute Gasteiger partial charge is 0.294 e. The van der Waals surface area contributed by atoms with Crippen molar-refractivity contribution in [2.45, 2.75) is 6.92 Å². The van der Waals surface area contributed by atoms with E-state index in [0.29, 0.717) is 12.1 Å². The lowest BCUT2D eigenvalue weighted by atomic mass is 10.1. The zero-order chi connectivity index (χ0) is 7.56. The van der Waals surface area contributed by atoms with E-state index in [2.05, 4.69) is 0 Å². The van der Waals surface area contributed by atoms with Crippen LogP contribution in [0.15, 0.2) is 23.9 Å². The molecule has 0 atom stereocenters. The highest BCUT2D eigenvalue weighted by atomic mass is 16.5. The van der Waals surface area contributed by atoms with E-state index in [0.717, 1.165) is 5.06 Å². The lowest BCUT2D eigenvalue weighted by Crippen LogP contribution is -2.16. The van der Waals surface area contributed by atoms with Gasteiger partial charge < -0.3 is 0 Å². The minimum Gasteiger partial charge on any atom is -0.294 e. The van der Waals surface area contributed by atoms with E-state index in [1.54, 1.807) is 12.2 Å². The van der Waals surface area contributed by atoms with Crippen LogP contribution in [0.4, 0.5) is 0 Å². The van der Waals surface area contributed by atoms with Crippen LogP contribution in [0.1, 0.15) is 6.92 Å². The summed E-state index contributed by atoms with van der Waals surface area (Å²) in [5.41, 5.74) is 0.536. The number of Topliss-reactive ketones (excluding diaryl/α,β-unsaturated/α-hetero) is 1. The molecule has 0 spiro atoms. The summed E-state index contributed by atoms with van der Waals surface area (Å²) in [6.07, 6.45) is 4.86. The number of nitrogens with zero attached hydrogens (tertiary/aromatic N) is 1. The van der Waals surface area contributed by atoms with Crippen LogP contribution in [0.2, 0.25) is 0 Å². The minimum absolute atomic E-state index is 0.0324. The first kappa shape index (κ1) is 7.02. The van der Waals surface area contributed by atoms with Crippen molar-refractivity contribution in [3.8, 4) is 0 Å². The van der Waals surface area contributed by atoms with Crippen molar-refractivity contribution in [2.24, 2.45) is 0 Å². The maximum absolute atomic E-state index is 10.7. The third-order valence-electron chi connectivity index (χ3n) is 1.28. The maximum Gasteiger partial charge on any atom is 0.161 e. The van der Waals surface area contributed by atoms with E-state index in [9.17, 15) is 4.79 Å². The normalized spacial score (nSPS) is 17.0.